The molecule has 5 rings (SSSR count). The molecular formula is C37H50N12O11. The van der Waals surface area contributed by atoms with Gasteiger partial charge in [0.15, 0.2) is 12.6 Å². The van der Waals surface area contributed by atoms with E-state index in [9.17, 15) is 42.1 Å². The van der Waals surface area contributed by atoms with Crippen LogP contribution in [0.25, 0.3) is 41.8 Å². The Bertz CT molecular complexity index is 1820. The van der Waals surface area contributed by atoms with Crippen LogP contribution >= 0.6 is 0 Å². The van der Waals surface area contributed by atoms with Gasteiger partial charge in [-0.15, -0.1) is 0 Å². The van der Waals surface area contributed by atoms with Crippen molar-refractivity contribution in [3.63, 3.8) is 0 Å². The van der Waals surface area contributed by atoms with E-state index in [-0.39, 0.29) is 32.8 Å². The maximum absolute atomic E-state index is 11.0. The molecule has 1 aliphatic carbocycles. The molecule has 2 saturated heterocycles. The first-order valence-corrected chi connectivity index (χ1v) is 19.5. The molecule has 1 saturated carbocycles. The van der Waals surface area contributed by atoms with Gasteiger partial charge in [0, 0.05) is 56.5 Å². The number of hydrogen-bond acceptors (Lipinski definition) is 15. The average Bonchev–Trinajstić information content (AvgIpc) is 3.27. The van der Waals surface area contributed by atoms with E-state index in [0.29, 0.717) is 0 Å². The van der Waals surface area contributed by atoms with Crippen LogP contribution in [0, 0.1) is 29.6 Å². The molecule has 0 aromatic heterocycles. The van der Waals surface area contributed by atoms with Gasteiger partial charge in [-0.2, -0.15) is 0 Å². The van der Waals surface area contributed by atoms with Crippen LogP contribution in [0.2, 0.25) is 0 Å². The summed E-state index contributed by atoms with van der Waals surface area (Å²) in [5, 5.41) is 68.4. The number of rotatable bonds is 21. The molecule has 3 aliphatic rings. The van der Waals surface area contributed by atoms with E-state index in [1.54, 1.807) is 0 Å². The Morgan fingerprint density at radius 3 is 1.60 bits per heavy atom. The lowest BCUT2D eigenvalue weighted by Gasteiger charge is -2.51. The number of azide groups is 4. The first kappa shape index (κ1) is 46.3. The molecule has 2 aromatic rings. The highest BCUT2D eigenvalue weighted by Crippen LogP contribution is 2.42. The van der Waals surface area contributed by atoms with Gasteiger partial charge in [0.2, 0.25) is 0 Å². The van der Waals surface area contributed by atoms with Crippen molar-refractivity contribution in [2.45, 2.75) is 80.9 Å². The van der Waals surface area contributed by atoms with Crippen molar-refractivity contribution in [3.05, 3.63) is 114 Å². The van der Waals surface area contributed by atoms with Crippen molar-refractivity contribution >= 4 is 0 Å². The van der Waals surface area contributed by atoms with E-state index in [0.717, 1.165) is 11.1 Å². The van der Waals surface area contributed by atoms with E-state index >= 15 is 0 Å². The summed E-state index contributed by atoms with van der Waals surface area (Å²) in [5.41, 5.74) is 39.7. The third kappa shape index (κ3) is 11.3. The highest BCUT2D eigenvalue weighted by atomic mass is 16.7. The van der Waals surface area contributed by atoms with Crippen LogP contribution < -0.4 is 0 Å². The fourth-order valence-electron chi connectivity index (χ4n) is 8.36. The maximum Gasteiger partial charge on any atom is 0.164 e. The summed E-state index contributed by atoms with van der Waals surface area (Å²) in [7, 11) is 0. The minimum absolute atomic E-state index is 0.0815. The van der Waals surface area contributed by atoms with E-state index in [1.165, 1.54) is 0 Å². The molecule has 5 N–H and O–H groups in total. The van der Waals surface area contributed by atoms with Crippen LogP contribution in [0.5, 0.6) is 0 Å². The summed E-state index contributed by atoms with van der Waals surface area (Å²) >= 11 is 0. The molecule has 23 nitrogen and oxygen atoms in total. The number of hydrogen-bond donors (Lipinski definition) is 5. The van der Waals surface area contributed by atoms with Gasteiger partial charge in [-0.05, 0) is 45.6 Å². The summed E-state index contributed by atoms with van der Waals surface area (Å²) in [6, 6.07) is 15.3. The number of ether oxygens (including phenoxy) is 6. The van der Waals surface area contributed by atoms with E-state index < -0.39 is 124 Å². The lowest BCUT2D eigenvalue weighted by molar-refractivity contribution is -0.317. The second-order valence-electron chi connectivity index (χ2n) is 14.7. The van der Waals surface area contributed by atoms with Gasteiger partial charge in [0.1, 0.15) is 6.10 Å². The summed E-state index contributed by atoms with van der Waals surface area (Å²) in [4.78, 5) is 11.8. The minimum atomic E-state index is -1.40. The molecule has 0 bridgehead atoms. The Balaban J connectivity index is 1.49. The predicted octanol–water partition coefficient (Wildman–Crippen LogP) is 3.80. The topological polar surface area (TPSA) is 352 Å². The smallest absolute Gasteiger partial charge is 0.164 e. The van der Waals surface area contributed by atoms with E-state index in [1.807, 2.05) is 60.7 Å². The van der Waals surface area contributed by atoms with Gasteiger partial charge in [-0.3, -0.25) is 0 Å². The highest BCUT2D eigenvalue weighted by molar-refractivity contribution is 5.15. The van der Waals surface area contributed by atoms with Crippen LogP contribution in [-0.2, 0) is 41.6 Å². The van der Waals surface area contributed by atoms with Crippen LogP contribution in [-0.4, -0.2) is 133 Å². The summed E-state index contributed by atoms with van der Waals surface area (Å²) in [6.07, 6.45) is -8.34. The molecule has 6 unspecified atom stereocenters. The van der Waals surface area contributed by atoms with Crippen LogP contribution in [0.4, 0.5) is 0 Å². The Kier molecular flexibility index (Phi) is 18.4. The van der Waals surface area contributed by atoms with Gasteiger partial charge in [0.05, 0.1) is 88.7 Å². The molecule has 0 spiro atoms. The molecule has 0 radical (unpaired) electrons. The molecule has 2 aromatic carbocycles. The average molecular weight is 839 g/mol. The third-order valence-electron chi connectivity index (χ3n) is 11.3. The third-order valence-corrected chi connectivity index (χ3v) is 11.3. The van der Waals surface area contributed by atoms with E-state index in [2.05, 4.69) is 40.1 Å². The Hall–Kier alpha value is -4.76. The molecule has 2 aliphatic heterocycles. The highest BCUT2D eigenvalue weighted by Gasteiger charge is 2.54. The van der Waals surface area contributed by atoms with Gasteiger partial charge in [-0.25, -0.2) is 0 Å². The molecule has 3 fully saturated rings. The number of benzene rings is 2. The maximum atomic E-state index is 11.0. The van der Waals surface area contributed by atoms with Crippen LogP contribution in [0.15, 0.2) is 81.1 Å². The first-order valence-electron chi connectivity index (χ1n) is 19.5. The molecule has 2 heterocycles. The number of nitrogens with zero attached hydrogens (tertiary/aromatic N) is 12. The second kappa shape index (κ2) is 23.9. The summed E-state index contributed by atoms with van der Waals surface area (Å²) < 4.78 is 38.2. The summed E-state index contributed by atoms with van der Waals surface area (Å²) in [5.74, 6) is -4.76. The first-order chi connectivity index (χ1) is 29.4. The zero-order chi connectivity index (χ0) is 42.9. The van der Waals surface area contributed by atoms with Gasteiger partial charge >= 0.3 is 0 Å². The van der Waals surface area contributed by atoms with Crippen molar-refractivity contribution in [3.8, 4) is 0 Å². The largest absolute Gasteiger partial charge is 0.396 e. The van der Waals surface area contributed by atoms with Crippen molar-refractivity contribution in [1.82, 2.24) is 0 Å². The minimum Gasteiger partial charge on any atom is -0.396 e. The number of aliphatic hydroxyl groups is 5. The summed E-state index contributed by atoms with van der Waals surface area (Å²) in [6.45, 7) is -2.96. The molecule has 15 atom stereocenters. The van der Waals surface area contributed by atoms with Crippen molar-refractivity contribution in [2.24, 2.45) is 50.0 Å². The Morgan fingerprint density at radius 2 is 1.08 bits per heavy atom. The van der Waals surface area contributed by atoms with Crippen LogP contribution in [0.3, 0.4) is 0 Å². The molecule has 0 amide bonds. The molecular weight excluding hydrogens is 788 g/mol. The molecule has 60 heavy (non-hydrogen) atoms. The Morgan fingerprint density at radius 1 is 0.567 bits per heavy atom. The standard InChI is InChI=1S/C37H50N12O11/c38-46-42-12-30-24(14-51)23(13-50)25(15-52)36(57-30)59-33-27(17-54)34(29(44-48-40)11-28(33)43-47-39)60-37-26(16-53)32(45-49-41)35(56-19-22-9-5-2-6-10-22)31(58-37)20-55-18-21-7-3-1-4-8-21/h1-10,23-37,50-54H,11-20H2/t23-,24-,25?,26+,27-,28?,29+,30?,31?,32?,33-,34?,35+,36+,37+/m0/s1. The second-order valence-corrected chi connectivity index (χ2v) is 14.7. The van der Waals surface area contributed by atoms with Crippen molar-refractivity contribution in [2.75, 3.05) is 46.2 Å². The lowest BCUT2D eigenvalue weighted by Crippen LogP contribution is -2.62. The lowest BCUT2D eigenvalue weighted by atomic mass is 9.75. The zero-order valence-corrected chi connectivity index (χ0v) is 32.6. The van der Waals surface area contributed by atoms with Gasteiger partial charge in [-0.1, -0.05) is 81.1 Å². The van der Waals surface area contributed by atoms with Gasteiger partial charge < -0.3 is 54.0 Å². The SMILES string of the molecule is [N-]=[N+]=NCC1O[C@H](O[C@@H]2C(N=[N+]=[N-])C[C@@H](N=[N+]=[N-])C(O[C@H]3OC(COCc4ccccc4)[C@@H](OCc4ccccc4)C(N=[N+]=[N-])[C@H]3CO)[C@H]2CO)C(CO)[C@@H](CO)[C@@H]1CO. The van der Waals surface area contributed by atoms with Crippen LogP contribution in [0.1, 0.15) is 17.5 Å². The zero-order valence-electron chi connectivity index (χ0n) is 32.6. The van der Waals surface area contributed by atoms with Crippen molar-refractivity contribution in [1.29, 1.82) is 0 Å². The normalized spacial score (nSPS) is 33.9. The molecule has 324 valence electrons. The molecule has 23 heteroatoms. The monoisotopic (exact) mass is 838 g/mol. The quantitative estimate of drug-likeness (QED) is 0.0683. The van der Waals surface area contributed by atoms with Crippen molar-refractivity contribution < 1.29 is 54.0 Å². The predicted molar refractivity (Wildman–Crippen MR) is 208 cm³/mol. The fraction of sp³-hybridized carbons (Fsp3) is 0.676. The number of aliphatic hydroxyl groups excluding tert-OH is 5. The van der Waals surface area contributed by atoms with E-state index in [4.69, 9.17) is 34.0 Å². The fourth-order valence-corrected chi connectivity index (χ4v) is 8.36. The van der Waals surface area contributed by atoms with Gasteiger partial charge in [0.25, 0.3) is 0 Å². The Labute approximate surface area is 344 Å².